The number of phosphoric ester groups is 2. The molecule has 8 atom stereocenters. The normalized spacial score (nSPS) is 27.1. The van der Waals surface area contributed by atoms with Crippen molar-refractivity contribution >= 4 is 44.6 Å². The van der Waals surface area contributed by atoms with Crippen LogP contribution in [0, 0.1) is 0 Å². The fraction of sp³-hybridized carbons (Fsp3) is 0.667. The van der Waals surface area contributed by atoms with Gasteiger partial charge in [0.1, 0.15) is 36.8 Å². The first-order valence-corrected chi connectivity index (χ1v) is 15.5. The summed E-state index contributed by atoms with van der Waals surface area (Å²) in [6, 6.07) is 0. The predicted molar refractivity (Wildman–Crippen MR) is 138 cm³/mol. The van der Waals surface area contributed by atoms with E-state index >= 15 is 0 Å². The Morgan fingerprint density at radius 3 is 2.47 bits per heavy atom. The van der Waals surface area contributed by atoms with Crippen LogP contribution in [0.5, 0.6) is 0 Å². The molecule has 2 saturated heterocycles. The molecule has 2 aromatic heterocycles. The van der Waals surface area contributed by atoms with E-state index in [4.69, 9.17) is 43.2 Å². The number of nitrogen functional groups attached to an aromatic ring is 1. The molecule has 2 aliphatic rings. The van der Waals surface area contributed by atoms with Gasteiger partial charge in [0.25, 0.3) is 0 Å². The highest BCUT2D eigenvalue weighted by atomic mass is 31.3. The number of phosphoric acid groups is 2. The number of carbonyl (C=O) groups is 2. The minimum Gasteiger partial charge on any atom is -0.462 e. The van der Waals surface area contributed by atoms with Gasteiger partial charge >= 0.3 is 27.6 Å². The summed E-state index contributed by atoms with van der Waals surface area (Å²) in [5, 5.41) is 0. The van der Waals surface area contributed by atoms with Crippen LogP contribution >= 0.6 is 15.6 Å². The maximum atomic E-state index is 12.7. The number of carbonyl (C=O) groups excluding carboxylic acids is 2. The molecule has 240 valence electrons. The quantitative estimate of drug-likeness (QED) is 0.151. The first-order chi connectivity index (χ1) is 20.0. The lowest BCUT2D eigenvalue weighted by molar-refractivity contribution is -0.199. The molecule has 2 fully saturated rings. The van der Waals surface area contributed by atoms with E-state index in [1.165, 1.54) is 17.2 Å². The SMILES string of the molecule is COC(OP(=O)(O)OP(=O)(O)OCC1OC(n2cnc3c(N)ncnc32)C2OC(C)(C)OC12)[C@@H](COC(C)=O)OC(C)=O. The number of aromatic nitrogens is 4. The Hall–Kier alpha value is -2.61. The molecule has 0 radical (unpaired) electrons. The van der Waals surface area contributed by atoms with Gasteiger partial charge in [0.05, 0.1) is 12.9 Å². The van der Waals surface area contributed by atoms with Gasteiger partial charge in [0.15, 0.2) is 29.6 Å². The molecular formula is C21H31N5O15P2. The third kappa shape index (κ3) is 8.11. The zero-order chi connectivity index (χ0) is 31.7. The molecule has 0 aromatic carbocycles. The molecule has 7 unspecified atom stereocenters. The van der Waals surface area contributed by atoms with Gasteiger partial charge in [-0.2, -0.15) is 4.31 Å². The molecule has 2 aliphatic heterocycles. The number of rotatable bonds is 13. The van der Waals surface area contributed by atoms with Gasteiger partial charge in [0.2, 0.25) is 6.29 Å². The first-order valence-electron chi connectivity index (χ1n) is 12.5. The lowest BCUT2D eigenvalue weighted by Gasteiger charge is -2.27. The van der Waals surface area contributed by atoms with Crippen molar-refractivity contribution in [3.05, 3.63) is 12.7 Å². The maximum absolute atomic E-state index is 12.7. The largest absolute Gasteiger partial charge is 0.483 e. The van der Waals surface area contributed by atoms with Crippen LogP contribution in [0.1, 0.15) is 33.9 Å². The Morgan fingerprint density at radius 2 is 1.81 bits per heavy atom. The fourth-order valence-electron chi connectivity index (χ4n) is 4.39. The van der Waals surface area contributed by atoms with Gasteiger partial charge in [0, 0.05) is 21.0 Å². The average molecular weight is 655 g/mol. The monoisotopic (exact) mass is 655 g/mol. The molecule has 20 nitrogen and oxygen atoms in total. The molecule has 0 aliphatic carbocycles. The molecular weight excluding hydrogens is 624 g/mol. The second-order valence-corrected chi connectivity index (χ2v) is 12.7. The van der Waals surface area contributed by atoms with Crippen LogP contribution in [-0.2, 0) is 60.5 Å². The number of ether oxygens (including phenoxy) is 6. The third-order valence-corrected chi connectivity index (χ3v) is 8.54. The highest BCUT2D eigenvalue weighted by Gasteiger charge is 2.57. The van der Waals surface area contributed by atoms with Gasteiger partial charge in [-0.15, -0.1) is 0 Å². The van der Waals surface area contributed by atoms with Crippen molar-refractivity contribution < 1.29 is 70.3 Å². The number of nitrogens with two attached hydrogens (primary N) is 1. The Kier molecular flexibility index (Phi) is 9.90. The molecule has 43 heavy (non-hydrogen) atoms. The van der Waals surface area contributed by atoms with E-state index in [1.807, 2.05) is 0 Å². The molecule has 4 heterocycles. The molecule has 0 spiro atoms. The van der Waals surface area contributed by atoms with Crippen molar-refractivity contribution in [1.29, 1.82) is 0 Å². The van der Waals surface area contributed by atoms with Crippen LogP contribution in [0.3, 0.4) is 0 Å². The van der Waals surface area contributed by atoms with Crippen LogP contribution in [-0.4, -0.2) is 98.1 Å². The second-order valence-electron chi connectivity index (χ2n) is 9.69. The van der Waals surface area contributed by atoms with Crippen LogP contribution in [0.25, 0.3) is 11.2 Å². The Labute approximate surface area is 243 Å². The van der Waals surface area contributed by atoms with Crippen LogP contribution < -0.4 is 5.73 Å². The predicted octanol–water partition coefficient (Wildman–Crippen LogP) is 0.544. The molecule has 0 bridgehead atoms. The van der Waals surface area contributed by atoms with Gasteiger partial charge < -0.3 is 43.9 Å². The van der Waals surface area contributed by atoms with Crippen molar-refractivity contribution in [2.24, 2.45) is 0 Å². The van der Waals surface area contributed by atoms with Crippen molar-refractivity contribution in [3.8, 4) is 0 Å². The van der Waals surface area contributed by atoms with E-state index in [1.54, 1.807) is 13.8 Å². The zero-order valence-electron chi connectivity index (χ0n) is 23.5. The van der Waals surface area contributed by atoms with E-state index < -0.39 is 83.5 Å². The number of imidazole rings is 1. The van der Waals surface area contributed by atoms with Crippen LogP contribution in [0.4, 0.5) is 5.82 Å². The molecule has 0 amide bonds. The topological polar surface area (TPSA) is 261 Å². The molecule has 4 N–H and O–H groups in total. The highest BCUT2D eigenvalue weighted by molar-refractivity contribution is 7.61. The standard InChI is InChI=1S/C21H31N5O15P2/c1-10(27)34-6-13(36-11(2)28)20(33-5)40-43(31,32)41-42(29,30)35-7-12-15-16(39-21(3,4)38-15)19(37-12)26-9-25-14-17(22)23-8-24-18(14)26/h8-9,12-13,15-16,19-20H,6-7H2,1-5H3,(H,29,30)(H,31,32)(H2,22,23,24)/t12?,13-,15?,16?,19?,20?/m1/s1. The second kappa shape index (κ2) is 12.8. The number of nitrogens with zero attached hydrogens (tertiary/aromatic N) is 4. The summed E-state index contributed by atoms with van der Waals surface area (Å²) in [4.78, 5) is 55.3. The number of methoxy groups -OCH3 is 1. The Balaban J connectivity index is 1.44. The van der Waals surface area contributed by atoms with E-state index in [2.05, 4.69) is 19.3 Å². The summed E-state index contributed by atoms with van der Waals surface area (Å²) >= 11 is 0. The number of fused-ring (bicyclic) bond motifs is 2. The zero-order valence-corrected chi connectivity index (χ0v) is 25.3. The number of hydrogen-bond acceptors (Lipinski definition) is 17. The van der Waals surface area contributed by atoms with E-state index in [9.17, 15) is 28.5 Å². The maximum Gasteiger partial charge on any atom is 0.483 e. The smallest absolute Gasteiger partial charge is 0.462 e. The average Bonchev–Trinajstić information content (AvgIpc) is 3.54. The number of esters is 2. The fourth-order valence-corrected chi connectivity index (χ4v) is 6.59. The van der Waals surface area contributed by atoms with Gasteiger partial charge in [-0.1, -0.05) is 0 Å². The Morgan fingerprint density at radius 1 is 1.12 bits per heavy atom. The van der Waals surface area contributed by atoms with Crippen molar-refractivity contribution in [2.75, 3.05) is 26.1 Å². The summed E-state index contributed by atoms with van der Waals surface area (Å²) < 4.78 is 73.5. The highest BCUT2D eigenvalue weighted by Crippen LogP contribution is 2.61. The summed E-state index contributed by atoms with van der Waals surface area (Å²) in [5.41, 5.74) is 6.51. The molecule has 2 aromatic rings. The van der Waals surface area contributed by atoms with Crippen molar-refractivity contribution in [2.45, 2.75) is 70.4 Å². The number of hydrogen-bond donors (Lipinski definition) is 3. The van der Waals surface area contributed by atoms with E-state index in [0.29, 0.717) is 11.2 Å². The number of anilines is 1. The van der Waals surface area contributed by atoms with E-state index in [-0.39, 0.29) is 5.82 Å². The molecule has 22 heteroatoms. The summed E-state index contributed by atoms with van der Waals surface area (Å²) in [6.07, 6.45) is -4.31. The Bertz CT molecular complexity index is 1440. The lowest BCUT2D eigenvalue weighted by atomic mass is 10.1. The summed E-state index contributed by atoms with van der Waals surface area (Å²) in [6.45, 7) is 4.08. The summed E-state index contributed by atoms with van der Waals surface area (Å²) in [7, 11) is -9.78. The molecule has 0 saturated carbocycles. The lowest BCUT2D eigenvalue weighted by Crippen LogP contribution is -2.38. The minimum atomic E-state index is -5.45. The minimum absolute atomic E-state index is 0.136. The van der Waals surface area contributed by atoms with E-state index in [0.717, 1.165) is 21.0 Å². The van der Waals surface area contributed by atoms with Gasteiger partial charge in [-0.3, -0.25) is 23.2 Å². The van der Waals surface area contributed by atoms with Gasteiger partial charge in [-0.05, 0) is 13.8 Å². The van der Waals surface area contributed by atoms with Crippen molar-refractivity contribution in [1.82, 2.24) is 19.5 Å². The van der Waals surface area contributed by atoms with Crippen LogP contribution in [0.2, 0.25) is 0 Å². The summed E-state index contributed by atoms with van der Waals surface area (Å²) in [5.74, 6) is -2.58. The third-order valence-electron chi connectivity index (χ3n) is 5.94. The van der Waals surface area contributed by atoms with Crippen molar-refractivity contribution in [3.63, 3.8) is 0 Å². The first kappa shape index (κ1) is 33.3. The molecule has 4 rings (SSSR count). The van der Waals surface area contributed by atoms with Gasteiger partial charge in [-0.25, -0.2) is 24.1 Å². The van der Waals surface area contributed by atoms with Crippen LogP contribution in [0.15, 0.2) is 12.7 Å².